The van der Waals surface area contributed by atoms with E-state index >= 15 is 0 Å². The predicted octanol–water partition coefficient (Wildman–Crippen LogP) is -3.20. The van der Waals surface area contributed by atoms with Crippen LogP contribution in [0.1, 0.15) is 37.8 Å². The summed E-state index contributed by atoms with van der Waals surface area (Å²) >= 11 is 0. The summed E-state index contributed by atoms with van der Waals surface area (Å²) in [6.07, 6.45) is 3.30. The highest BCUT2D eigenvalue weighted by Crippen LogP contribution is 2.04. The molecule has 196 valence electrons. The summed E-state index contributed by atoms with van der Waals surface area (Å²) in [6, 6.07) is -5.21. The minimum Gasteiger partial charge on any atom is -0.481 e. The molecule has 0 aliphatic carbocycles. The number of nitrogens with zero attached hydrogens (tertiary/aromatic N) is 1. The lowest BCUT2D eigenvalue weighted by Gasteiger charge is -2.24. The van der Waals surface area contributed by atoms with Gasteiger partial charge in [0.15, 0.2) is 0 Å². The van der Waals surface area contributed by atoms with Gasteiger partial charge in [-0.25, -0.2) is 9.78 Å². The number of carbonyl (C=O) groups is 5. The molecule has 0 radical (unpaired) electrons. The Hall–Kier alpha value is -3.56. The maximum Gasteiger partial charge on any atom is 0.326 e. The predicted molar refractivity (Wildman–Crippen MR) is 121 cm³/mol. The van der Waals surface area contributed by atoms with E-state index in [4.69, 9.17) is 16.6 Å². The van der Waals surface area contributed by atoms with Crippen molar-refractivity contribution in [3.63, 3.8) is 0 Å². The van der Waals surface area contributed by atoms with Crippen molar-refractivity contribution >= 4 is 29.7 Å². The number of nitrogens with two attached hydrogens (primary N) is 2. The van der Waals surface area contributed by atoms with Crippen LogP contribution in [0.25, 0.3) is 0 Å². The second-order valence-electron chi connectivity index (χ2n) is 7.81. The molecule has 1 aromatic rings. The van der Waals surface area contributed by atoms with Crippen LogP contribution in [0.15, 0.2) is 12.5 Å². The topological polar surface area (TPSA) is 263 Å². The number of carbonyl (C=O) groups excluding carboxylic acids is 3. The molecule has 35 heavy (non-hydrogen) atoms. The molecule has 0 aliphatic heterocycles. The number of nitrogens with one attached hydrogen (secondary N) is 4. The van der Waals surface area contributed by atoms with E-state index in [1.807, 2.05) is 0 Å². The standard InChI is InChI=1S/C20H33N7O8/c21-6-2-1-3-12(22)17(31)27-15(9-28)19(33)26-14(7-11-8-23-10-24-11)18(32)25-13(20(34)35)4-5-16(29)30/h8,10,12-15,28H,1-7,9,21-22H2,(H,23,24)(H,25,32)(H,26,33)(H,27,31)(H,29,30)(H,34,35). The first-order valence-electron chi connectivity index (χ1n) is 11.0. The zero-order chi connectivity index (χ0) is 26.4. The van der Waals surface area contributed by atoms with Crippen LogP contribution in [0.2, 0.25) is 0 Å². The van der Waals surface area contributed by atoms with E-state index < -0.39 is 66.9 Å². The van der Waals surface area contributed by atoms with Crippen LogP contribution >= 0.6 is 0 Å². The average molecular weight is 500 g/mol. The molecular weight excluding hydrogens is 466 g/mol. The number of hydrogen-bond donors (Lipinski definition) is 9. The van der Waals surface area contributed by atoms with Gasteiger partial charge in [0.1, 0.15) is 18.1 Å². The number of unbranched alkanes of at least 4 members (excludes halogenated alkanes) is 1. The van der Waals surface area contributed by atoms with Crippen LogP contribution in [0.3, 0.4) is 0 Å². The number of aliphatic hydroxyl groups is 1. The third-order valence-electron chi connectivity index (χ3n) is 4.99. The number of aromatic nitrogens is 2. The second kappa shape index (κ2) is 15.4. The van der Waals surface area contributed by atoms with Crippen LogP contribution in [0.4, 0.5) is 0 Å². The first kappa shape index (κ1) is 29.5. The van der Waals surface area contributed by atoms with E-state index in [-0.39, 0.29) is 12.8 Å². The Kier molecular flexibility index (Phi) is 12.9. The Labute approximate surface area is 201 Å². The lowest BCUT2D eigenvalue weighted by atomic mass is 10.1. The molecule has 0 saturated carbocycles. The SMILES string of the molecule is NCCCCC(N)C(=O)NC(CO)C(=O)NC(Cc1cnc[nH]1)C(=O)NC(CCC(=O)O)C(=O)O. The first-order valence-corrected chi connectivity index (χ1v) is 11.0. The first-order chi connectivity index (χ1) is 16.6. The van der Waals surface area contributed by atoms with E-state index in [0.717, 1.165) is 0 Å². The van der Waals surface area contributed by atoms with Crippen molar-refractivity contribution in [2.24, 2.45) is 11.5 Å². The minimum absolute atomic E-state index is 0.131. The molecule has 0 aromatic carbocycles. The lowest BCUT2D eigenvalue weighted by molar-refractivity contribution is -0.143. The number of carboxylic acid groups (broad SMARTS) is 2. The summed E-state index contributed by atoms with van der Waals surface area (Å²) in [5.74, 6) is -5.18. The van der Waals surface area contributed by atoms with E-state index in [2.05, 4.69) is 25.9 Å². The Balaban J connectivity index is 2.90. The number of hydrogen-bond acceptors (Lipinski definition) is 9. The number of rotatable bonds is 17. The molecule has 0 bridgehead atoms. The fraction of sp³-hybridized carbons (Fsp3) is 0.600. The van der Waals surface area contributed by atoms with Gasteiger partial charge in [-0.2, -0.15) is 0 Å². The van der Waals surface area contributed by atoms with Crippen LogP contribution in [-0.4, -0.2) is 92.3 Å². The quantitative estimate of drug-likeness (QED) is 0.0963. The third-order valence-corrected chi connectivity index (χ3v) is 4.99. The molecule has 0 fully saturated rings. The van der Waals surface area contributed by atoms with Crippen LogP contribution in [0.5, 0.6) is 0 Å². The molecule has 1 heterocycles. The van der Waals surface area contributed by atoms with Crippen molar-refractivity contribution in [2.45, 2.75) is 62.7 Å². The van der Waals surface area contributed by atoms with E-state index in [1.54, 1.807) is 0 Å². The van der Waals surface area contributed by atoms with Gasteiger partial charge >= 0.3 is 11.9 Å². The Morgan fingerprint density at radius 3 is 2.11 bits per heavy atom. The molecule has 0 aliphatic rings. The Morgan fingerprint density at radius 2 is 1.57 bits per heavy atom. The number of aliphatic hydroxyl groups excluding tert-OH is 1. The molecule has 0 saturated heterocycles. The molecular formula is C20H33N7O8. The van der Waals surface area contributed by atoms with E-state index in [1.165, 1.54) is 12.5 Å². The molecule has 3 amide bonds. The number of aliphatic carboxylic acids is 2. The summed E-state index contributed by atoms with van der Waals surface area (Å²) in [4.78, 5) is 66.6. The third kappa shape index (κ3) is 10.9. The van der Waals surface area contributed by atoms with Gasteiger partial charge in [-0.3, -0.25) is 19.2 Å². The average Bonchev–Trinajstić information content (AvgIpc) is 3.32. The summed E-state index contributed by atoms with van der Waals surface area (Å²) in [5, 5.41) is 34.6. The highest BCUT2D eigenvalue weighted by Gasteiger charge is 2.30. The van der Waals surface area contributed by atoms with E-state index in [0.29, 0.717) is 31.5 Å². The summed E-state index contributed by atoms with van der Waals surface area (Å²) in [6.45, 7) is -0.351. The fourth-order valence-electron chi connectivity index (χ4n) is 3.01. The van der Waals surface area contributed by atoms with Gasteiger partial charge in [-0.05, 0) is 25.8 Å². The maximum atomic E-state index is 12.8. The summed E-state index contributed by atoms with van der Waals surface area (Å²) in [5.41, 5.74) is 11.6. The molecule has 4 atom stereocenters. The smallest absolute Gasteiger partial charge is 0.326 e. The molecule has 15 nitrogen and oxygen atoms in total. The van der Waals surface area contributed by atoms with Gasteiger partial charge < -0.3 is 47.7 Å². The van der Waals surface area contributed by atoms with Gasteiger partial charge in [0.2, 0.25) is 17.7 Å². The zero-order valence-corrected chi connectivity index (χ0v) is 19.1. The molecule has 0 spiro atoms. The van der Waals surface area contributed by atoms with E-state index in [9.17, 15) is 34.2 Å². The van der Waals surface area contributed by atoms with Crippen LogP contribution in [0, 0.1) is 0 Å². The molecule has 1 aromatic heterocycles. The number of amides is 3. The fourth-order valence-corrected chi connectivity index (χ4v) is 3.01. The van der Waals surface area contributed by atoms with Crippen molar-refractivity contribution in [1.82, 2.24) is 25.9 Å². The Morgan fingerprint density at radius 1 is 0.943 bits per heavy atom. The zero-order valence-electron chi connectivity index (χ0n) is 19.1. The normalized spacial score (nSPS) is 14.3. The minimum atomic E-state index is -1.51. The molecule has 15 heteroatoms. The Bertz CT molecular complexity index is 849. The summed E-state index contributed by atoms with van der Waals surface area (Å²) in [7, 11) is 0. The van der Waals surface area contributed by atoms with Crippen LogP contribution < -0.4 is 27.4 Å². The maximum absolute atomic E-state index is 12.8. The lowest BCUT2D eigenvalue weighted by Crippen LogP contribution is -2.58. The number of H-pyrrole nitrogens is 1. The van der Waals surface area contributed by atoms with Gasteiger partial charge in [-0.1, -0.05) is 6.42 Å². The number of carboxylic acids is 2. The largest absolute Gasteiger partial charge is 0.481 e. The van der Waals surface area contributed by atoms with Gasteiger partial charge in [-0.15, -0.1) is 0 Å². The molecule has 4 unspecified atom stereocenters. The summed E-state index contributed by atoms with van der Waals surface area (Å²) < 4.78 is 0. The highest BCUT2D eigenvalue weighted by molar-refractivity contribution is 5.94. The van der Waals surface area contributed by atoms with Gasteiger partial charge in [0.25, 0.3) is 0 Å². The second-order valence-corrected chi connectivity index (χ2v) is 7.81. The van der Waals surface area contributed by atoms with Crippen molar-refractivity contribution in [3.8, 4) is 0 Å². The van der Waals surface area contributed by atoms with Gasteiger partial charge in [0, 0.05) is 24.7 Å². The van der Waals surface area contributed by atoms with Crippen molar-refractivity contribution < 1.29 is 39.3 Å². The number of imidazole rings is 1. The van der Waals surface area contributed by atoms with Crippen molar-refractivity contribution in [1.29, 1.82) is 0 Å². The molecule has 11 N–H and O–H groups in total. The van der Waals surface area contributed by atoms with Gasteiger partial charge in [0.05, 0.1) is 19.0 Å². The highest BCUT2D eigenvalue weighted by atomic mass is 16.4. The molecule has 1 rings (SSSR count). The van der Waals surface area contributed by atoms with Crippen LogP contribution in [-0.2, 0) is 30.4 Å². The monoisotopic (exact) mass is 499 g/mol. The van der Waals surface area contributed by atoms with Crippen molar-refractivity contribution in [2.75, 3.05) is 13.2 Å². The van der Waals surface area contributed by atoms with Crippen molar-refractivity contribution in [3.05, 3.63) is 18.2 Å². The number of aromatic amines is 1.